The summed E-state index contributed by atoms with van der Waals surface area (Å²) in [5.41, 5.74) is 3.49. The Balaban J connectivity index is 1.99. The third-order valence-electron chi connectivity index (χ3n) is 3.31. The molecule has 1 N–H and O–H groups in total. The Kier molecular flexibility index (Phi) is 4.48. The minimum atomic E-state index is -0.368. The predicted octanol–water partition coefficient (Wildman–Crippen LogP) is 3.75. The molecular weight excluding hydrogens is 252 g/mol. The van der Waals surface area contributed by atoms with E-state index in [0.717, 1.165) is 5.56 Å². The Bertz CT molecular complexity index is 594. The summed E-state index contributed by atoms with van der Waals surface area (Å²) < 4.78 is 0. The van der Waals surface area contributed by atoms with Crippen LogP contribution >= 0.6 is 0 Å². The zero-order valence-electron chi connectivity index (χ0n) is 11.7. The van der Waals surface area contributed by atoms with E-state index in [4.69, 9.17) is 0 Å². The molecule has 0 aliphatic carbocycles. The monoisotopic (exact) mass is 270 g/mol. The topological polar surface area (TPSA) is 55.2 Å². The van der Waals surface area contributed by atoms with Gasteiger partial charge in [0.25, 0.3) is 5.69 Å². The van der Waals surface area contributed by atoms with E-state index in [2.05, 4.69) is 43.4 Å². The van der Waals surface area contributed by atoms with Crippen LogP contribution in [0.2, 0.25) is 0 Å². The van der Waals surface area contributed by atoms with Gasteiger partial charge in [0.05, 0.1) is 4.92 Å². The minimum Gasteiger partial charge on any atom is -0.306 e. The first kappa shape index (κ1) is 14.2. The fraction of sp³-hybridized carbons (Fsp3) is 0.250. The second-order valence-corrected chi connectivity index (χ2v) is 4.94. The van der Waals surface area contributed by atoms with Crippen LogP contribution in [0.25, 0.3) is 0 Å². The summed E-state index contributed by atoms with van der Waals surface area (Å²) in [5, 5.41) is 14.1. The maximum Gasteiger partial charge on any atom is 0.269 e. The van der Waals surface area contributed by atoms with Gasteiger partial charge in [0.1, 0.15) is 0 Å². The van der Waals surface area contributed by atoms with Crippen molar-refractivity contribution >= 4 is 5.69 Å². The molecule has 0 fully saturated rings. The normalized spacial score (nSPS) is 12.1. The van der Waals surface area contributed by atoms with Crippen molar-refractivity contribution in [2.24, 2.45) is 0 Å². The van der Waals surface area contributed by atoms with E-state index in [-0.39, 0.29) is 16.7 Å². The predicted molar refractivity (Wildman–Crippen MR) is 79.5 cm³/mol. The van der Waals surface area contributed by atoms with Crippen molar-refractivity contribution in [1.29, 1.82) is 0 Å². The number of nitrogens with one attached hydrogen (secondary N) is 1. The van der Waals surface area contributed by atoms with Crippen LogP contribution in [0.15, 0.2) is 48.5 Å². The first-order valence-electron chi connectivity index (χ1n) is 6.59. The molecule has 104 valence electrons. The average molecular weight is 270 g/mol. The molecule has 1 unspecified atom stereocenters. The molecule has 0 saturated carbocycles. The second-order valence-electron chi connectivity index (χ2n) is 4.94. The highest BCUT2D eigenvalue weighted by Gasteiger charge is 2.08. The van der Waals surface area contributed by atoms with Gasteiger partial charge < -0.3 is 5.32 Å². The van der Waals surface area contributed by atoms with Gasteiger partial charge in [0, 0.05) is 24.7 Å². The van der Waals surface area contributed by atoms with Gasteiger partial charge in [-0.05, 0) is 25.0 Å². The number of aryl methyl sites for hydroxylation is 1. The Morgan fingerprint density at radius 3 is 2.55 bits per heavy atom. The van der Waals surface area contributed by atoms with Gasteiger partial charge in [-0.15, -0.1) is 0 Å². The van der Waals surface area contributed by atoms with E-state index in [0.29, 0.717) is 6.54 Å². The molecule has 0 radical (unpaired) electrons. The molecule has 4 nitrogen and oxygen atoms in total. The van der Waals surface area contributed by atoms with Gasteiger partial charge in [-0.2, -0.15) is 0 Å². The lowest BCUT2D eigenvalue weighted by Gasteiger charge is -2.14. The van der Waals surface area contributed by atoms with E-state index >= 15 is 0 Å². The molecular formula is C16H18N2O2. The van der Waals surface area contributed by atoms with Gasteiger partial charge in [-0.3, -0.25) is 10.1 Å². The maximum absolute atomic E-state index is 10.7. The number of nitro groups is 1. The van der Waals surface area contributed by atoms with Gasteiger partial charge in [0.15, 0.2) is 0 Å². The molecule has 0 amide bonds. The van der Waals surface area contributed by atoms with Crippen molar-refractivity contribution in [3.8, 4) is 0 Å². The molecule has 0 aliphatic rings. The van der Waals surface area contributed by atoms with Gasteiger partial charge in [-0.1, -0.05) is 42.0 Å². The van der Waals surface area contributed by atoms with Gasteiger partial charge in [-0.25, -0.2) is 0 Å². The molecule has 4 heteroatoms. The molecule has 1 atom stereocenters. The summed E-state index contributed by atoms with van der Waals surface area (Å²) in [6.07, 6.45) is 0. The number of hydrogen-bond acceptors (Lipinski definition) is 3. The number of benzene rings is 2. The van der Waals surface area contributed by atoms with Crippen LogP contribution in [-0.2, 0) is 6.54 Å². The summed E-state index contributed by atoms with van der Waals surface area (Å²) in [4.78, 5) is 10.4. The van der Waals surface area contributed by atoms with E-state index in [1.54, 1.807) is 12.1 Å². The largest absolute Gasteiger partial charge is 0.306 e. The maximum atomic E-state index is 10.7. The lowest BCUT2D eigenvalue weighted by molar-refractivity contribution is -0.384. The first-order valence-corrected chi connectivity index (χ1v) is 6.59. The van der Waals surface area contributed by atoms with E-state index < -0.39 is 0 Å². The zero-order valence-corrected chi connectivity index (χ0v) is 11.7. The Morgan fingerprint density at radius 2 is 1.90 bits per heavy atom. The van der Waals surface area contributed by atoms with E-state index in [9.17, 15) is 10.1 Å². The average Bonchev–Trinajstić information content (AvgIpc) is 2.46. The van der Waals surface area contributed by atoms with Crippen LogP contribution in [0.4, 0.5) is 5.69 Å². The fourth-order valence-electron chi connectivity index (χ4n) is 2.02. The van der Waals surface area contributed by atoms with Crippen molar-refractivity contribution in [3.05, 3.63) is 75.3 Å². The Morgan fingerprint density at radius 1 is 1.20 bits per heavy atom. The highest BCUT2D eigenvalue weighted by atomic mass is 16.6. The number of rotatable bonds is 5. The van der Waals surface area contributed by atoms with Crippen molar-refractivity contribution in [3.63, 3.8) is 0 Å². The molecule has 20 heavy (non-hydrogen) atoms. The number of nitro benzene ring substituents is 1. The first-order chi connectivity index (χ1) is 9.56. The number of hydrogen-bond donors (Lipinski definition) is 1. The summed E-state index contributed by atoms with van der Waals surface area (Å²) in [5.74, 6) is 0. The summed E-state index contributed by atoms with van der Waals surface area (Å²) in [6, 6.07) is 15.3. The lowest BCUT2D eigenvalue weighted by Crippen LogP contribution is -2.18. The molecule has 0 spiro atoms. The third-order valence-corrected chi connectivity index (χ3v) is 3.31. The van der Waals surface area contributed by atoms with E-state index in [1.807, 2.05) is 6.07 Å². The van der Waals surface area contributed by atoms with Crippen LogP contribution in [0.5, 0.6) is 0 Å². The van der Waals surface area contributed by atoms with E-state index in [1.165, 1.54) is 17.2 Å². The molecule has 0 heterocycles. The summed E-state index contributed by atoms with van der Waals surface area (Å²) in [7, 11) is 0. The van der Waals surface area contributed by atoms with Crippen molar-refractivity contribution in [2.45, 2.75) is 26.4 Å². The third kappa shape index (κ3) is 3.65. The SMILES string of the molecule is Cc1ccc(C(C)NCc2cccc([N+](=O)[O-])c2)cc1. The van der Waals surface area contributed by atoms with Crippen molar-refractivity contribution < 1.29 is 4.92 Å². The number of nitrogens with zero attached hydrogens (tertiary/aromatic N) is 1. The molecule has 2 aromatic carbocycles. The molecule has 0 saturated heterocycles. The van der Waals surface area contributed by atoms with Crippen LogP contribution in [0.3, 0.4) is 0 Å². The molecule has 2 aromatic rings. The highest BCUT2D eigenvalue weighted by molar-refractivity contribution is 5.34. The summed E-state index contributed by atoms with van der Waals surface area (Å²) >= 11 is 0. The standard InChI is InChI=1S/C16H18N2O2/c1-12-6-8-15(9-7-12)13(2)17-11-14-4-3-5-16(10-14)18(19)20/h3-10,13,17H,11H2,1-2H3. The number of non-ortho nitro benzene ring substituents is 1. The van der Waals surface area contributed by atoms with Crippen LogP contribution < -0.4 is 5.32 Å². The lowest BCUT2D eigenvalue weighted by atomic mass is 10.1. The fourth-order valence-corrected chi connectivity index (χ4v) is 2.02. The second kappa shape index (κ2) is 6.30. The molecule has 2 rings (SSSR count). The minimum absolute atomic E-state index is 0.132. The summed E-state index contributed by atoms with van der Waals surface area (Å²) in [6.45, 7) is 4.75. The Labute approximate surface area is 118 Å². The molecule has 0 bridgehead atoms. The van der Waals surface area contributed by atoms with Gasteiger partial charge >= 0.3 is 0 Å². The van der Waals surface area contributed by atoms with Crippen LogP contribution in [0.1, 0.15) is 29.7 Å². The quantitative estimate of drug-likeness (QED) is 0.665. The van der Waals surface area contributed by atoms with Crippen molar-refractivity contribution in [1.82, 2.24) is 5.32 Å². The molecule has 0 aliphatic heterocycles. The Hall–Kier alpha value is -2.20. The highest BCUT2D eigenvalue weighted by Crippen LogP contribution is 2.16. The smallest absolute Gasteiger partial charge is 0.269 e. The van der Waals surface area contributed by atoms with Crippen LogP contribution in [-0.4, -0.2) is 4.92 Å². The van der Waals surface area contributed by atoms with Crippen LogP contribution in [0, 0.1) is 17.0 Å². The zero-order chi connectivity index (χ0) is 14.5. The van der Waals surface area contributed by atoms with Gasteiger partial charge in [0.2, 0.25) is 0 Å². The molecule has 0 aromatic heterocycles. The van der Waals surface area contributed by atoms with Crippen molar-refractivity contribution in [2.75, 3.05) is 0 Å².